The molecule has 0 unspecified atom stereocenters. The molecular formula is C22H23F3O. The second kappa shape index (κ2) is 8.26. The number of benzene rings is 2. The van der Waals surface area contributed by atoms with Crippen LogP contribution < -0.4 is 0 Å². The Morgan fingerprint density at radius 3 is 2.23 bits per heavy atom. The molecule has 0 saturated carbocycles. The zero-order valence-electron chi connectivity index (χ0n) is 15.3. The smallest absolute Gasteiger partial charge is 0.133 e. The number of aliphatic hydroxyl groups is 1. The molecule has 0 bridgehead atoms. The summed E-state index contributed by atoms with van der Waals surface area (Å²) in [4.78, 5) is 0. The Morgan fingerprint density at radius 1 is 0.962 bits per heavy atom. The van der Waals surface area contributed by atoms with Crippen LogP contribution in [0.3, 0.4) is 0 Å². The highest BCUT2D eigenvalue weighted by Gasteiger charge is 2.20. The molecule has 0 saturated heterocycles. The van der Waals surface area contributed by atoms with E-state index in [1.54, 1.807) is 19.9 Å². The first-order valence-electron chi connectivity index (χ1n) is 8.60. The van der Waals surface area contributed by atoms with Crippen LogP contribution in [0.15, 0.2) is 48.2 Å². The minimum atomic E-state index is -0.734. The molecule has 2 aromatic carbocycles. The van der Waals surface area contributed by atoms with Crippen molar-refractivity contribution in [2.75, 3.05) is 0 Å². The lowest BCUT2D eigenvalue weighted by Gasteiger charge is -2.19. The Kier molecular flexibility index (Phi) is 6.30. The number of aryl methyl sites for hydroxylation is 2. The molecule has 4 heteroatoms. The molecule has 0 aromatic heterocycles. The Morgan fingerprint density at radius 2 is 1.65 bits per heavy atom. The summed E-state index contributed by atoms with van der Waals surface area (Å²) in [7, 11) is 0. The summed E-state index contributed by atoms with van der Waals surface area (Å²) in [5.74, 6) is -1.95. The van der Waals surface area contributed by atoms with E-state index in [0.29, 0.717) is 28.7 Å². The van der Waals surface area contributed by atoms with E-state index in [4.69, 9.17) is 0 Å². The Hall–Kier alpha value is -2.49. The predicted molar refractivity (Wildman–Crippen MR) is 99.5 cm³/mol. The average Bonchev–Trinajstić information content (AvgIpc) is 2.56. The topological polar surface area (TPSA) is 20.2 Å². The van der Waals surface area contributed by atoms with Crippen molar-refractivity contribution in [3.8, 4) is 0 Å². The number of halogens is 3. The minimum Gasteiger partial charge on any atom is -0.508 e. The van der Waals surface area contributed by atoms with Crippen molar-refractivity contribution in [1.82, 2.24) is 0 Å². The Balaban J connectivity index is 2.86. The number of hydrogen-bond acceptors (Lipinski definition) is 1. The van der Waals surface area contributed by atoms with Gasteiger partial charge in [0.15, 0.2) is 0 Å². The summed E-state index contributed by atoms with van der Waals surface area (Å²) in [5.41, 5.74) is 2.53. The third-order valence-electron chi connectivity index (χ3n) is 4.41. The van der Waals surface area contributed by atoms with Crippen molar-refractivity contribution in [3.05, 3.63) is 87.9 Å². The van der Waals surface area contributed by atoms with Gasteiger partial charge in [-0.25, -0.2) is 13.2 Å². The van der Waals surface area contributed by atoms with Gasteiger partial charge in [0.1, 0.15) is 23.2 Å². The highest BCUT2D eigenvalue weighted by Crippen LogP contribution is 2.36. The van der Waals surface area contributed by atoms with Crippen LogP contribution >= 0.6 is 0 Å². The van der Waals surface area contributed by atoms with Crippen molar-refractivity contribution in [1.29, 1.82) is 0 Å². The quantitative estimate of drug-likeness (QED) is 0.444. The van der Waals surface area contributed by atoms with Crippen molar-refractivity contribution in [3.63, 3.8) is 0 Å². The van der Waals surface area contributed by atoms with E-state index < -0.39 is 17.5 Å². The van der Waals surface area contributed by atoms with Gasteiger partial charge in [-0.05, 0) is 67.2 Å². The van der Waals surface area contributed by atoms with Crippen LogP contribution in [-0.4, -0.2) is 5.11 Å². The molecule has 0 radical (unpaired) electrons. The lowest BCUT2D eigenvalue weighted by molar-refractivity contribution is 0.421. The van der Waals surface area contributed by atoms with E-state index in [1.807, 2.05) is 6.92 Å². The molecule has 138 valence electrons. The molecule has 0 atom stereocenters. The fourth-order valence-electron chi connectivity index (χ4n) is 2.99. The second-order valence-electron chi connectivity index (χ2n) is 6.44. The number of unbranched alkanes of at least 4 members (excludes halogenated alkanes) is 1. The van der Waals surface area contributed by atoms with E-state index in [9.17, 15) is 18.3 Å². The largest absolute Gasteiger partial charge is 0.508 e. The van der Waals surface area contributed by atoms with Gasteiger partial charge in [-0.15, -0.1) is 0 Å². The molecule has 0 aliphatic heterocycles. The van der Waals surface area contributed by atoms with Gasteiger partial charge < -0.3 is 5.11 Å². The summed E-state index contributed by atoms with van der Waals surface area (Å²) >= 11 is 0. The fraction of sp³-hybridized carbons (Fsp3) is 0.273. The van der Waals surface area contributed by atoms with Crippen LogP contribution in [0.1, 0.15) is 48.4 Å². The summed E-state index contributed by atoms with van der Waals surface area (Å²) in [5, 5.41) is 10.2. The molecule has 0 spiro atoms. The van der Waals surface area contributed by atoms with Crippen molar-refractivity contribution < 1.29 is 18.3 Å². The molecular weight excluding hydrogens is 337 g/mol. The molecule has 0 fully saturated rings. The summed E-state index contributed by atoms with van der Waals surface area (Å²) in [6.45, 7) is 8.89. The van der Waals surface area contributed by atoms with Crippen molar-refractivity contribution >= 4 is 5.57 Å². The van der Waals surface area contributed by atoms with Gasteiger partial charge in [-0.2, -0.15) is 0 Å². The molecule has 2 aromatic rings. The van der Waals surface area contributed by atoms with Crippen LogP contribution in [0.4, 0.5) is 13.2 Å². The van der Waals surface area contributed by atoms with Gasteiger partial charge in [0.25, 0.3) is 0 Å². The molecule has 0 heterocycles. The molecule has 26 heavy (non-hydrogen) atoms. The monoisotopic (exact) mass is 360 g/mol. The number of rotatable bonds is 6. The zero-order valence-corrected chi connectivity index (χ0v) is 15.3. The van der Waals surface area contributed by atoms with Gasteiger partial charge in [0, 0.05) is 17.2 Å². The SMILES string of the molecule is C=C(O)/C(CCCC)=C(/c1ccc(F)cc1C)c1cc(C)c(F)cc1F. The van der Waals surface area contributed by atoms with Crippen LogP contribution in [-0.2, 0) is 0 Å². The van der Waals surface area contributed by atoms with Gasteiger partial charge >= 0.3 is 0 Å². The highest BCUT2D eigenvalue weighted by atomic mass is 19.1. The predicted octanol–water partition coefficient (Wildman–Crippen LogP) is 6.78. The van der Waals surface area contributed by atoms with E-state index >= 15 is 0 Å². The lowest BCUT2D eigenvalue weighted by Crippen LogP contribution is -2.03. The standard InChI is InChI=1S/C22H23F3O/c1-5-6-7-18(15(4)26)22(17-9-8-16(23)10-13(17)2)19-11-14(3)20(24)12-21(19)25/h8-12,26H,4-7H2,1-3H3/b22-18-. The fourth-order valence-corrected chi connectivity index (χ4v) is 2.99. The van der Waals surface area contributed by atoms with Crippen LogP contribution in [0.2, 0.25) is 0 Å². The van der Waals surface area contributed by atoms with Crippen LogP contribution in [0.5, 0.6) is 0 Å². The Bertz CT molecular complexity index is 866. The second-order valence-corrected chi connectivity index (χ2v) is 6.44. The third kappa shape index (κ3) is 4.18. The third-order valence-corrected chi connectivity index (χ3v) is 4.41. The first-order chi connectivity index (χ1) is 12.3. The zero-order chi connectivity index (χ0) is 19.4. The van der Waals surface area contributed by atoms with E-state index in [1.165, 1.54) is 18.2 Å². The summed E-state index contributed by atoms with van der Waals surface area (Å²) in [6, 6.07) is 6.43. The first-order valence-corrected chi connectivity index (χ1v) is 8.60. The van der Waals surface area contributed by atoms with Crippen LogP contribution in [0.25, 0.3) is 5.57 Å². The maximum absolute atomic E-state index is 14.7. The number of aliphatic hydroxyl groups excluding tert-OH is 1. The Labute approximate surface area is 152 Å². The number of hydrogen-bond donors (Lipinski definition) is 1. The van der Waals surface area contributed by atoms with E-state index in [2.05, 4.69) is 6.58 Å². The molecule has 0 aliphatic rings. The molecule has 1 N–H and O–H groups in total. The average molecular weight is 360 g/mol. The molecule has 2 rings (SSSR count). The lowest BCUT2D eigenvalue weighted by atomic mass is 9.87. The maximum atomic E-state index is 14.7. The van der Waals surface area contributed by atoms with Gasteiger partial charge in [-0.3, -0.25) is 0 Å². The molecule has 0 amide bonds. The normalized spacial score (nSPS) is 12.1. The van der Waals surface area contributed by atoms with Gasteiger partial charge in [0.05, 0.1) is 0 Å². The van der Waals surface area contributed by atoms with Crippen LogP contribution in [0, 0.1) is 31.3 Å². The maximum Gasteiger partial charge on any atom is 0.133 e. The van der Waals surface area contributed by atoms with Crippen molar-refractivity contribution in [2.45, 2.75) is 40.0 Å². The first kappa shape index (κ1) is 19.8. The van der Waals surface area contributed by atoms with Gasteiger partial charge in [0.2, 0.25) is 0 Å². The molecule has 1 nitrogen and oxygen atoms in total. The van der Waals surface area contributed by atoms with E-state index in [0.717, 1.165) is 18.9 Å². The van der Waals surface area contributed by atoms with E-state index in [-0.39, 0.29) is 16.9 Å². The summed E-state index contributed by atoms with van der Waals surface area (Å²) in [6.07, 6.45) is 2.12. The summed E-state index contributed by atoms with van der Waals surface area (Å²) < 4.78 is 42.0. The van der Waals surface area contributed by atoms with Crippen molar-refractivity contribution in [2.24, 2.45) is 0 Å². The minimum absolute atomic E-state index is 0.167. The number of allylic oxidation sites excluding steroid dienone is 1. The molecule has 0 aliphatic carbocycles. The van der Waals surface area contributed by atoms with Gasteiger partial charge in [-0.1, -0.05) is 26.0 Å². The highest BCUT2D eigenvalue weighted by molar-refractivity contribution is 5.85.